The minimum atomic E-state index is -0.135. The number of benzene rings is 5. The molecule has 0 N–H and O–H groups in total. The predicted molar refractivity (Wildman–Crippen MR) is 158 cm³/mol. The third-order valence-electron chi connectivity index (χ3n) is 8.40. The topological polar surface area (TPSA) is 12.9 Å². The third kappa shape index (κ3) is 3.27. The number of nitrogens with zero attached hydrogens (tertiary/aromatic N) is 1. The molecule has 0 spiro atoms. The van der Waals surface area contributed by atoms with Crippen molar-refractivity contribution in [1.29, 1.82) is 0 Å². The number of hydrogen-bond donors (Lipinski definition) is 0. The second-order valence-electron chi connectivity index (χ2n) is 12.1. The minimum absolute atomic E-state index is 0.128. The first-order chi connectivity index (χ1) is 17.7. The van der Waals surface area contributed by atoms with Crippen LogP contribution in [-0.2, 0) is 10.8 Å². The van der Waals surface area contributed by atoms with E-state index in [4.69, 9.17) is 4.98 Å². The van der Waals surface area contributed by atoms with Crippen LogP contribution < -0.4 is 0 Å². The van der Waals surface area contributed by atoms with Crippen molar-refractivity contribution >= 4 is 32.3 Å². The van der Waals surface area contributed by atoms with Gasteiger partial charge in [-0.25, -0.2) is 0 Å². The van der Waals surface area contributed by atoms with Gasteiger partial charge < -0.3 is 0 Å². The molecule has 0 radical (unpaired) electrons. The number of pyridine rings is 1. The minimum Gasteiger partial charge on any atom is -0.256 e. The summed E-state index contributed by atoms with van der Waals surface area (Å²) in [7, 11) is 0. The van der Waals surface area contributed by atoms with Crippen molar-refractivity contribution in [3.05, 3.63) is 114 Å². The Morgan fingerprint density at radius 2 is 1.38 bits per heavy atom. The summed E-state index contributed by atoms with van der Waals surface area (Å²) in [5.41, 5.74) is 9.01. The Morgan fingerprint density at radius 3 is 2.22 bits per heavy atom. The van der Waals surface area contributed by atoms with Gasteiger partial charge in [-0.05, 0) is 89.8 Å². The van der Waals surface area contributed by atoms with Gasteiger partial charge in [0.05, 0.1) is 5.69 Å². The first-order valence-corrected chi connectivity index (χ1v) is 13.2. The molecule has 37 heavy (non-hydrogen) atoms. The molecule has 0 aliphatic heterocycles. The van der Waals surface area contributed by atoms with Gasteiger partial charge in [0.15, 0.2) is 0 Å². The predicted octanol–water partition coefficient (Wildman–Crippen LogP) is 9.81. The number of fused-ring (bicyclic) bond motifs is 7. The molecule has 0 unspecified atom stereocenters. The first-order valence-electron chi connectivity index (χ1n) is 13.2. The number of aromatic nitrogens is 1. The zero-order chi connectivity index (χ0) is 25.5. The maximum absolute atomic E-state index is 4.98. The van der Waals surface area contributed by atoms with Gasteiger partial charge in [-0.2, -0.15) is 0 Å². The number of hydrogen-bond acceptors (Lipinski definition) is 1. The molecule has 5 aromatic carbocycles. The largest absolute Gasteiger partial charge is 0.256 e. The molecule has 7 rings (SSSR count). The van der Waals surface area contributed by atoms with Crippen LogP contribution in [-0.4, -0.2) is 4.98 Å². The van der Waals surface area contributed by atoms with E-state index in [0.717, 1.165) is 5.69 Å². The molecule has 1 aliphatic rings. The van der Waals surface area contributed by atoms with Gasteiger partial charge in [0, 0.05) is 17.2 Å². The van der Waals surface area contributed by atoms with Gasteiger partial charge in [0.1, 0.15) is 0 Å². The van der Waals surface area contributed by atoms with E-state index < -0.39 is 0 Å². The lowest BCUT2D eigenvalue weighted by molar-refractivity contribution is 0.591. The van der Waals surface area contributed by atoms with Crippen LogP contribution in [0.2, 0.25) is 0 Å². The molecule has 0 bridgehead atoms. The molecule has 1 heterocycles. The molecular formula is C36H31N. The molecule has 0 amide bonds. The fraction of sp³-hybridized carbons (Fsp3) is 0.194. The van der Waals surface area contributed by atoms with Crippen molar-refractivity contribution in [2.24, 2.45) is 0 Å². The second-order valence-corrected chi connectivity index (χ2v) is 12.1. The van der Waals surface area contributed by atoms with Crippen LogP contribution in [0, 0.1) is 0 Å². The van der Waals surface area contributed by atoms with Crippen LogP contribution >= 0.6 is 0 Å². The molecule has 1 aromatic heterocycles. The molecule has 1 aliphatic carbocycles. The SMILES string of the molecule is CC(C)(C)c1ccc2cc3c(cc2c1)-c1ccnc(-c2ccc4c(ccc5ccccc54)c2)c1C3(C)C. The molecule has 0 fully saturated rings. The van der Waals surface area contributed by atoms with E-state index in [9.17, 15) is 0 Å². The van der Waals surface area contributed by atoms with Crippen LogP contribution in [0.15, 0.2) is 97.2 Å². The van der Waals surface area contributed by atoms with E-state index in [0.29, 0.717) is 0 Å². The summed E-state index contributed by atoms with van der Waals surface area (Å²) in [4.78, 5) is 4.98. The van der Waals surface area contributed by atoms with Gasteiger partial charge in [-0.3, -0.25) is 4.98 Å². The molecule has 180 valence electrons. The van der Waals surface area contributed by atoms with Crippen LogP contribution in [0.5, 0.6) is 0 Å². The monoisotopic (exact) mass is 477 g/mol. The summed E-state index contributed by atoms with van der Waals surface area (Å²) >= 11 is 0. The van der Waals surface area contributed by atoms with Gasteiger partial charge in [0.25, 0.3) is 0 Å². The van der Waals surface area contributed by atoms with E-state index >= 15 is 0 Å². The van der Waals surface area contributed by atoms with Gasteiger partial charge in [-0.1, -0.05) is 101 Å². The molecule has 0 atom stereocenters. The quantitative estimate of drug-likeness (QED) is 0.215. The van der Waals surface area contributed by atoms with Crippen molar-refractivity contribution < 1.29 is 0 Å². The molecule has 0 saturated carbocycles. The van der Waals surface area contributed by atoms with Crippen LogP contribution in [0.25, 0.3) is 54.7 Å². The Labute approximate surface area is 218 Å². The third-order valence-corrected chi connectivity index (χ3v) is 8.40. The highest BCUT2D eigenvalue weighted by Crippen LogP contribution is 2.52. The van der Waals surface area contributed by atoms with Crippen LogP contribution in [0.1, 0.15) is 51.3 Å². The Balaban J connectivity index is 1.44. The second kappa shape index (κ2) is 7.52. The lowest BCUT2D eigenvalue weighted by Gasteiger charge is -2.24. The Kier molecular flexibility index (Phi) is 4.52. The highest BCUT2D eigenvalue weighted by Gasteiger charge is 2.38. The summed E-state index contributed by atoms with van der Waals surface area (Å²) in [5.74, 6) is 0. The smallest absolute Gasteiger partial charge is 0.0749 e. The highest BCUT2D eigenvalue weighted by atomic mass is 14.7. The fourth-order valence-electron chi connectivity index (χ4n) is 6.34. The van der Waals surface area contributed by atoms with E-state index in [2.05, 4.69) is 126 Å². The zero-order valence-corrected chi connectivity index (χ0v) is 22.2. The van der Waals surface area contributed by atoms with Crippen LogP contribution in [0.4, 0.5) is 0 Å². The van der Waals surface area contributed by atoms with E-state index in [1.54, 1.807) is 0 Å². The molecular weight excluding hydrogens is 446 g/mol. The average Bonchev–Trinajstić information content (AvgIpc) is 3.12. The standard InChI is InChI=1S/C36H31N/c1-35(2,3)27-14-12-23-21-32-31(20-26(23)19-27)30-16-17-37-34(33(30)36(32,4)5)25-13-15-29-24(18-25)11-10-22-8-6-7-9-28(22)29/h6-21H,1-5H3. The van der Waals surface area contributed by atoms with Gasteiger partial charge in [-0.15, -0.1) is 0 Å². The van der Waals surface area contributed by atoms with Crippen molar-refractivity contribution in [2.45, 2.75) is 45.4 Å². The Morgan fingerprint density at radius 1 is 0.622 bits per heavy atom. The maximum Gasteiger partial charge on any atom is 0.0749 e. The summed E-state index contributed by atoms with van der Waals surface area (Å²) in [6, 6.07) is 33.9. The Hall–Kier alpha value is -3.97. The number of rotatable bonds is 1. The summed E-state index contributed by atoms with van der Waals surface area (Å²) in [5, 5.41) is 7.74. The van der Waals surface area contributed by atoms with E-state index in [1.165, 1.54) is 65.7 Å². The van der Waals surface area contributed by atoms with Crippen molar-refractivity contribution in [1.82, 2.24) is 4.98 Å². The highest BCUT2D eigenvalue weighted by molar-refractivity contribution is 6.08. The summed E-state index contributed by atoms with van der Waals surface area (Å²) in [6.07, 6.45) is 1.99. The lowest BCUT2D eigenvalue weighted by Crippen LogP contribution is -2.17. The zero-order valence-electron chi connectivity index (χ0n) is 22.2. The van der Waals surface area contributed by atoms with Crippen molar-refractivity contribution in [3.63, 3.8) is 0 Å². The summed E-state index contributed by atoms with van der Waals surface area (Å²) < 4.78 is 0. The summed E-state index contributed by atoms with van der Waals surface area (Å²) in [6.45, 7) is 11.6. The fourth-order valence-corrected chi connectivity index (χ4v) is 6.34. The van der Waals surface area contributed by atoms with Gasteiger partial charge in [0.2, 0.25) is 0 Å². The Bertz CT molecular complexity index is 1880. The van der Waals surface area contributed by atoms with E-state index in [1.807, 2.05) is 6.20 Å². The molecule has 0 saturated heterocycles. The molecule has 1 heteroatoms. The lowest BCUT2D eigenvalue weighted by atomic mass is 9.79. The van der Waals surface area contributed by atoms with Crippen molar-refractivity contribution in [3.8, 4) is 22.4 Å². The average molecular weight is 478 g/mol. The molecule has 6 aromatic rings. The molecule has 1 nitrogen and oxygen atoms in total. The van der Waals surface area contributed by atoms with Crippen LogP contribution in [0.3, 0.4) is 0 Å². The van der Waals surface area contributed by atoms with E-state index in [-0.39, 0.29) is 10.8 Å². The first kappa shape index (κ1) is 22.2. The van der Waals surface area contributed by atoms with Gasteiger partial charge >= 0.3 is 0 Å². The normalized spacial score (nSPS) is 14.3. The maximum atomic E-state index is 4.98. The van der Waals surface area contributed by atoms with Crippen molar-refractivity contribution in [2.75, 3.05) is 0 Å².